The van der Waals surface area contributed by atoms with Crippen LogP contribution in [0.4, 0.5) is 0 Å². The molecule has 1 N–H and O–H groups in total. The van der Waals surface area contributed by atoms with E-state index >= 15 is 0 Å². The minimum atomic E-state index is -0.154. The topological polar surface area (TPSA) is 77.8 Å². The second-order valence-corrected chi connectivity index (χ2v) is 6.81. The second kappa shape index (κ2) is 9.86. The first kappa shape index (κ1) is 20.6. The highest BCUT2D eigenvalue weighted by atomic mass is 16.5. The standard InChI is InChI=1S/C24H24N4O3/c1-2-30-15-16-31-22-14-13-21-26-23(18-9-5-3-6-10-18)20(28(21)27-22)17-25-24(29)19-11-7-4-8-12-19/h3-14H,2,15-17H2,1H3,(H,25,29). The fourth-order valence-corrected chi connectivity index (χ4v) is 3.23. The molecular formula is C24H24N4O3. The number of imidazole rings is 1. The molecule has 0 fully saturated rings. The van der Waals surface area contributed by atoms with Crippen molar-refractivity contribution < 1.29 is 14.3 Å². The molecule has 0 unspecified atom stereocenters. The van der Waals surface area contributed by atoms with Crippen molar-refractivity contribution in [2.75, 3.05) is 19.8 Å². The van der Waals surface area contributed by atoms with Gasteiger partial charge < -0.3 is 14.8 Å². The lowest BCUT2D eigenvalue weighted by Crippen LogP contribution is -2.24. The largest absolute Gasteiger partial charge is 0.474 e. The fourth-order valence-electron chi connectivity index (χ4n) is 3.23. The number of rotatable bonds is 9. The quantitative estimate of drug-likeness (QED) is 0.421. The molecule has 158 valence electrons. The van der Waals surface area contributed by atoms with E-state index in [1.165, 1.54) is 0 Å². The first-order valence-corrected chi connectivity index (χ1v) is 10.2. The zero-order valence-corrected chi connectivity index (χ0v) is 17.3. The van der Waals surface area contributed by atoms with Crippen LogP contribution in [0.2, 0.25) is 0 Å². The van der Waals surface area contributed by atoms with Gasteiger partial charge in [0.15, 0.2) is 5.65 Å². The van der Waals surface area contributed by atoms with Crippen LogP contribution in [0.1, 0.15) is 23.0 Å². The Labute approximate surface area is 180 Å². The van der Waals surface area contributed by atoms with Crippen LogP contribution in [0.5, 0.6) is 5.88 Å². The number of nitrogens with zero attached hydrogens (tertiary/aromatic N) is 3. The molecule has 7 heteroatoms. The third-order valence-corrected chi connectivity index (χ3v) is 4.73. The van der Waals surface area contributed by atoms with Gasteiger partial charge in [0.25, 0.3) is 5.91 Å². The predicted molar refractivity (Wildman–Crippen MR) is 118 cm³/mol. The van der Waals surface area contributed by atoms with E-state index in [4.69, 9.17) is 14.5 Å². The van der Waals surface area contributed by atoms with Gasteiger partial charge in [-0.25, -0.2) is 9.50 Å². The van der Waals surface area contributed by atoms with E-state index in [0.717, 1.165) is 17.0 Å². The third-order valence-electron chi connectivity index (χ3n) is 4.73. The molecule has 0 aliphatic rings. The zero-order valence-electron chi connectivity index (χ0n) is 17.3. The summed E-state index contributed by atoms with van der Waals surface area (Å²) < 4.78 is 12.8. The minimum Gasteiger partial charge on any atom is -0.474 e. The SMILES string of the molecule is CCOCCOc1ccc2nc(-c3ccccc3)c(CNC(=O)c3ccccc3)n2n1. The summed E-state index contributed by atoms with van der Waals surface area (Å²) >= 11 is 0. The van der Waals surface area contributed by atoms with Crippen molar-refractivity contribution >= 4 is 11.6 Å². The van der Waals surface area contributed by atoms with Gasteiger partial charge in [0.1, 0.15) is 6.61 Å². The average Bonchev–Trinajstić information content (AvgIpc) is 3.19. The van der Waals surface area contributed by atoms with Crippen molar-refractivity contribution in [1.82, 2.24) is 19.9 Å². The number of ether oxygens (including phenoxy) is 2. The van der Waals surface area contributed by atoms with Gasteiger partial charge in [-0.15, -0.1) is 5.10 Å². The summed E-state index contributed by atoms with van der Waals surface area (Å²) in [5, 5.41) is 7.58. The molecule has 4 aromatic rings. The van der Waals surface area contributed by atoms with E-state index in [-0.39, 0.29) is 12.5 Å². The van der Waals surface area contributed by atoms with Gasteiger partial charge in [-0.3, -0.25) is 4.79 Å². The van der Waals surface area contributed by atoms with E-state index < -0.39 is 0 Å². The van der Waals surface area contributed by atoms with Gasteiger partial charge in [0, 0.05) is 23.8 Å². The number of carbonyl (C=O) groups excluding carboxylic acids is 1. The van der Waals surface area contributed by atoms with Crippen LogP contribution < -0.4 is 10.1 Å². The maximum absolute atomic E-state index is 12.6. The van der Waals surface area contributed by atoms with Gasteiger partial charge in [-0.05, 0) is 25.1 Å². The second-order valence-electron chi connectivity index (χ2n) is 6.81. The van der Waals surface area contributed by atoms with Crippen molar-refractivity contribution in [1.29, 1.82) is 0 Å². The molecule has 2 aromatic heterocycles. The number of amides is 1. The first-order chi connectivity index (χ1) is 15.3. The lowest BCUT2D eigenvalue weighted by atomic mass is 10.1. The van der Waals surface area contributed by atoms with Crippen LogP contribution >= 0.6 is 0 Å². The summed E-state index contributed by atoms with van der Waals surface area (Å²) in [5.74, 6) is 0.318. The molecule has 0 saturated heterocycles. The molecule has 0 spiro atoms. The Kier molecular flexibility index (Phi) is 6.54. The summed E-state index contributed by atoms with van der Waals surface area (Å²) in [5.41, 5.74) is 3.79. The Bertz CT molecular complexity index is 1140. The minimum absolute atomic E-state index is 0.154. The molecule has 31 heavy (non-hydrogen) atoms. The molecule has 0 radical (unpaired) electrons. The Balaban J connectivity index is 1.64. The molecule has 1 amide bonds. The Morgan fingerprint density at radius 3 is 2.45 bits per heavy atom. The molecule has 0 saturated carbocycles. The van der Waals surface area contributed by atoms with E-state index in [2.05, 4.69) is 10.4 Å². The molecular weight excluding hydrogens is 392 g/mol. The smallest absolute Gasteiger partial charge is 0.251 e. The summed E-state index contributed by atoms with van der Waals surface area (Å²) in [6, 6.07) is 22.6. The molecule has 0 aliphatic carbocycles. The molecule has 2 aromatic carbocycles. The van der Waals surface area contributed by atoms with Crippen molar-refractivity contribution in [2.24, 2.45) is 0 Å². The van der Waals surface area contributed by atoms with Crippen molar-refractivity contribution in [2.45, 2.75) is 13.5 Å². The number of carbonyl (C=O) groups is 1. The summed E-state index contributed by atoms with van der Waals surface area (Å²) in [6.07, 6.45) is 0. The maximum atomic E-state index is 12.6. The number of fused-ring (bicyclic) bond motifs is 1. The van der Waals surface area contributed by atoms with E-state index in [1.54, 1.807) is 22.7 Å². The van der Waals surface area contributed by atoms with Crippen molar-refractivity contribution in [3.8, 4) is 17.1 Å². The number of benzene rings is 2. The number of aromatic nitrogens is 3. The van der Waals surface area contributed by atoms with Gasteiger partial charge in [0.2, 0.25) is 5.88 Å². The van der Waals surface area contributed by atoms with E-state index in [9.17, 15) is 4.79 Å². The lowest BCUT2D eigenvalue weighted by molar-refractivity contribution is 0.0950. The maximum Gasteiger partial charge on any atom is 0.251 e. The Hall–Kier alpha value is -3.71. The normalized spacial score (nSPS) is 10.9. The highest BCUT2D eigenvalue weighted by Crippen LogP contribution is 2.25. The highest BCUT2D eigenvalue weighted by Gasteiger charge is 2.17. The highest BCUT2D eigenvalue weighted by molar-refractivity contribution is 5.94. The van der Waals surface area contributed by atoms with E-state index in [0.29, 0.717) is 36.9 Å². The summed E-state index contributed by atoms with van der Waals surface area (Å²) in [6.45, 7) is 3.76. The Morgan fingerprint density at radius 2 is 1.71 bits per heavy atom. The van der Waals surface area contributed by atoms with Crippen molar-refractivity contribution in [3.63, 3.8) is 0 Å². The van der Waals surface area contributed by atoms with Crippen LogP contribution in [-0.4, -0.2) is 40.3 Å². The molecule has 0 bridgehead atoms. The van der Waals surface area contributed by atoms with Crippen LogP contribution in [-0.2, 0) is 11.3 Å². The van der Waals surface area contributed by atoms with Crippen molar-refractivity contribution in [3.05, 3.63) is 84.1 Å². The Morgan fingerprint density at radius 1 is 0.968 bits per heavy atom. The van der Waals surface area contributed by atoms with Gasteiger partial charge in [-0.2, -0.15) is 0 Å². The first-order valence-electron chi connectivity index (χ1n) is 10.2. The average molecular weight is 416 g/mol. The van der Waals surface area contributed by atoms with Crippen LogP contribution in [0.25, 0.3) is 16.9 Å². The summed E-state index contributed by atoms with van der Waals surface area (Å²) in [7, 11) is 0. The number of hydrogen-bond acceptors (Lipinski definition) is 5. The van der Waals surface area contributed by atoms with Gasteiger partial charge in [-0.1, -0.05) is 48.5 Å². The molecule has 2 heterocycles. The predicted octanol–water partition coefficient (Wildman–Crippen LogP) is 3.74. The monoisotopic (exact) mass is 416 g/mol. The number of nitrogens with one attached hydrogen (secondary N) is 1. The molecule has 0 aliphatic heterocycles. The third kappa shape index (κ3) is 4.90. The molecule has 0 atom stereocenters. The molecule has 7 nitrogen and oxygen atoms in total. The summed E-state index contributed by atoms with van der Waals surface area (Å²) in [4.78, 5) is 17.3. The zero-order chi connectivity index (χ0) is 21.5. The van der Waals surface area contributed by atoms with Crippen LogP contribution in [0.3, 0.4) is 0 Å². The van der Waals surface area contributed by atoms with Crippen LogP contribution in [0.15, 0.2) is 72.8 Å². The molecule has 4 rings (SSSR count). The van der Waals surface area contributed by atoms with Gasteiger partial charge >= 0.3 is 0 Å². The fraction of sp³-hybridized carbons (Fsp3) is 0.208. The number of hydrogen-bond donors (Lipinski definition) is 1. The van der Waals surface area contributed by atoms with Crippen LogP contribution in [0, 0.1) is 0 Å². The van der Waals surface area contributed by atoms with Gasteiger partial charge in [0.05, 0.1) is 24.5 Å². The lowest BCUT2D eigenvalue weighted by Gasteiger charge is -2.09. The van der Waals surface area contributed by atoms with E-state index in [1.807, 2.05) is 61.5 Å².